The van der Waals surface area contributed by atoms with Crippen LogP contribution in [0.15, 0.2) is 12.3 Å². The molecular weight excluding hydrogens is 222 g/mol. The average Bonchev–Trinajstić information content (AvgIpc) is 2.71. The van der Waals surface area contributed by atoms with E-state index in [1.807, 2.05) is 13.0 Å². The molecule has 88 valence electrons. The number of pyridine rings is 1. The van der Waals surface area contributed by atoms with Crippen LogP contribution in [-0.2, 0) is 0 Å². The topological polar surface area (TPSA) is 50.9 Å². The van der Waals surface area contributed by atoms with Crippen molar-refractivity contribution in [3.63, 3.8) is 0 Å². The number of aromatic nitrogens is 1. The van der Waals surface area contributed by atoms with Crippen LogP contribution < -0.4 is 11.1 Å². The molecule has 0 radical (unpaired) electrons. The number of nitrogens with one attached hydrogen (secondary N) is 1. The molecule has 1 saturated carbocycles. The minimum atomic E-state index is 0.449. The van der Waals surface area contributed by atoms with Gasteiger partial charge in [0.2, 0.25) is 0 Å². The van der Waals surface area contributed by atoms with Crippen molar-refractivity contribution in [2.24, 2.45) is 11.7 Å². The molecule has 1 aliphatic rings. The molecule has 2 unspecified atom stereocenters. The van der Waals surface area contributed by atoms with Gasteiger partial charge in [-0.15, -0.1) is 0 Å². The van der Waals surface area contributed by atoms with Crippen molar-refractivity contribution in [1.82, 2.24) is 4.98 Å². The molecule has 2 rings (SSSR count). The van der Waals surface area contributed by atoms with Crippen LogP contribution in [0.2, 0.25) is 5.15 Å². The molecule has 0 bridgehead atoms. The Morgan fingerprint density at radius 1 is 1.56 bits per heavy atom. The van der Waals surface area contributed by atoms with Crippen molar-refractivity contribution in [2.75, 3.05) is 11.9 Å². The fourth-order valence-corrected chi connectivity index (χ4v) is 2.65. The number of halogens is 1. The fraction of sp³-hybridized carbons (Fsp3) is 0.583. The van der Waals surface area contributed by atoms with Gasteiger partial charge in [0.25, 0.3) is 0 Å². The first kappa shape index (κ1) is 11.7. The predicted molar refractivity (Wildman–Crippen MR) is 67.8 cm³/mol. The van der Waals surface area contributed by atoms with Crippen LogP contribution in [0.4, 0.5) is 5.69 Å². The highest BCUT2D eigenvalue weighted by molar-refractivity contribution is 6.32. The zero-order valence-corrected chi connectivity index (χ0v) is 10.3. The van der Waals surface area contributed by atoms with Crippen molar-refractivity contribution in [1.29, 1.82) is 0 Å². The van der Waals surface area contributed by atoms with Gasteiger partial charge in [-0.25, -0.2) is 4.98 Å². The number of aryl methyl sites for hydroxylation is 1. The van der Waals surface area contributed by atoms with E-state index in [9.17, 15) is 0 Å². The molecule has 0 aromatic carbocycles. The Morgan fingerprint density at radius 3 is 3.06 bits per heavy atom. The summed E-state index contributed by atoms with van der Waals surface area (Å²) in [5.74, 6) is 0.565. The van der Waals surface area contributed by atoms with E-state index in [1.54, 1.807) is 6.20 Å². The molecule has 1 aromatic heterocycles. The summed E-state index contributed by atoms with van der Waals surface area (Å²) in [7, 11) is 0. The van der Waals surface area contributed by atoms with E-state index >= 15 is 0 Å². The first-order chi connectivity index (χ1) is 7.72. The molecule has 0 spiro atoms. The van der Waals surface area contributed by atoms with E-state index < -0.39 is 0 Å². The smallest absolute Gasteiger partial charge is 0.152 e. The Kier molecular flexibility index (Phi) is 3.66. The van der Waals surface area contributed by atoms with E-state index in [0.717, 1.165) is 17.8 Å². The molecule has 1 aromatic rings. The standard InChI is InChI=1S/C12H18ClN3/c1-8-5-6-15-12(13)11(8)16-10-4-2-3-9(10)7-14/h5-6,9-10,16H,2-4,7,14H2,1H3. The average molecular weight is 240 g/mol. The van der Waals surface area contributed by atoms with Crippen molar-refractivity contribution in [3.8, 4) is 0 Å². The Bertz CT molecular complexity index is 347. The molecular formula is C12H18ClN3. The zero-order chi connectivity index (χ0) is 11.5. The summed E-state index contributed by atoms with van der Waals surface area (Å²) in [6, 6.07) is 2.42. The summed E-state index contributed by atoms with van der Waals surface area (Å²) in [5, 5.41) is 4.06. The van der Waals surface area contributed by atoms with Gasteiger partial charge in [-0.05, 0) is 43.9 Å². The van der Waals surface area contributed by atoms with Crippen LogP contribution >= 0.6 is 11.6 Å². The maximum Gasteiger partial charge on any atom is 0.152 e. The van der Waals surface area contributed by atoms with Gasteiger partial charge in [-0.3, -0.25) is 0 Å². The second-order valence-corrected chi connectivity index (χ2v) is 4.83. The highest BCUT2D eigenvalue weighted by Crippen LogP contribution is 2.31. The first-order valence-corrected chi connectivity index (χ1v) is 6.18. The number of hydrogen-bond acceptors (Lipinski definition) is 3. The van der Waals surface area contributed by atoms with Crippen LogP contribution in [0.3, 0.4) is 0 Å². The fourth-order valence-electron chi connectivity index (χ4n) is 2.39. The maximum atomic E-state index is 6.09. The van der Waals surface area contributed by atoms with E-state index in [2.05, 4.69) is 10.3 Å². The van der Waals surface area contributed by atoms with Crippen molar-refractivity contribution in [2.45, 2.75) is 32.2 Å². The second kappa shape index (κ2) is 5.02. The van der Waals surface area contributed by atoms with Crippen LogP contribution in [0.5, 0.6) is 0 Å². The van der Waals surface area contributed by atoms with Crippen LogP contribution in [0, 0.1) is 12.8 Å². The highest BCUT2D eigenvalue weighted by Gasteiger charge is 2.26. The zero-order valence-electron chi connectivity index (χ0n) is 9.54. The van der Waals surface area contributed by atoms with Crippen molar-refractivity contribution < 1.29 is 0 Å². The summed E-state index contributed by atoms with van der Waals surface area (Å²) in [5.41, 5.74) is 7.87. The first-order valence-electron chi connectivity index (χ1n) is 5.80. The van der Waals surface area contributed by atoms with Gasteiger partial charge in [0, 0.05) is 12.2 Å². The largest absolute Gasteiger partial charge is 0.379 e. The molecule has 1 fully saturated rings. The lowest BCUT2D eigenvalue weighted by Crippen LogP contribution is -2.29. The number of hydrogen-bond donors (Lipinski definition) is 2. The Labute approximate surface area is 101 Å². The van der Waals surface area contributed by atoms with E-state index in [1.165, 1.54) is 19.3 Å². The molecule has 4 heteroatoms. The third kappa shape index (κ3) is 2.30. The number of rotatable bonds is 3. The molecule has 16 heavy (non-hydrogen) atoms. The molecule has 1 heterocycles. The summed E-state index contributed by atoms with van der Waals surface area (Å²) < 4.78 is 0. The summed E-state index contributed by atoms with van der Waals surface area (Å²) >= 11 is 6.09. The molecule has 1 aliphatic carbocycles. The summed E-state index contributed by atoms with van der Waals surface area (Å²) in [4.78, 5) is 4.10. The maximum absolute atomic E-state index is 6.09. The van der Waals surface area contributed by atoms with Gasteiger partial charge in [-0.2, -0.15) is 0 Å². The minimum Gasteiger partial charge on any atom is -0.379 e. The van der Waals surface area contributed by atoms with Gasteiger partial charge in [0.1, 0.15) is 0 Å². The Balaban J connectivity index is 2.14. The lowest BCUT2D eigenvalue weighted by Gasteiger charge is -2.22. The molecule has 0 amide bonds. The Hall–Kier alpha value is -0.800. The van der Waals surface area contributed by atoms with Gasteiger partial charge < -0.3 is 11.1 Å². The monoisotopic (exact) mass is 239 g/mol. The number of nitrogens with zero attached hydrogens (tertiary/aromatic N) is 1. The van der Waals surface area contributed by atoms with Crippen LogP contribution in [0.25, 0.3) is 0 Å². The SMILES string of the molecule is Cc1ccnc(Cl)c1NC1CCCC1CN. The van der Waals surface area contributed by atoms with E-state index in [4.69, 9.17) is 17.3 Å². The van der Waals surface area contributed by atoms with Crippen molar-refractivity contribution in [3.05, 3.63) is 23.0 Å². The van der Waals surface area contributed by atoms with Gasteiger partial charge >= 0.3 is 0 Å². The lowest BCUT2D eigenvalue weighted by atomic mass is 10.0. The summed E-state index contributed by atoms with van der Waals surface area (Å²) in [6.07, 6.45) is 5.37. The molecule has 3 N–H and O–H groups in total. The molecule has 3 nitrogen and oxygen atoms in total. The van der Waals surface area contributed by atoms with Crippen LogP contribution in [-0.4, -0.2) is 17.6 Å². The number of nitrogens with two attached hydrogens (primary N) is 1. The molecule has 2 atom stereocenters. The lowest BCUT2D eigenvalue weighted by molar-refractivity contribution is 0.516. The Morgan fingerprint density at radius 2 is 2.38 bits per heavy atom. The third-order valence-corrected chi connectivity index (χ3v) is 3.69. The van der Waals surface area contributed by atoms with E-state index in [0.29, 0.717) is 17.1 Å². The van der Waals surface area contributed by atoms with E-state index in [-0.39, 0.29) is 0 Å². The third-order valence-electron chi connectivity index (χ3n) is 3.40. The van der Waals surface area contributed by atoms with Gasteiger partial charge in [-0.1, -0.05) is 18.0 Å². The quantitative estimate of drug-likeness (QED) is 0.798. The summed E-state index contributed by atoms with van der Waals surface area (Å²) in [6.45, 7) is 2.79. The molecule has 0 saturated heterocycles. The molecule has 0 aliphatic heterocycles. The van der Waals surface area contributed by atoms with Gasteiger partial charge in [0.15, 0.2) is 5.15 Å². The highest BCUT2D eigenvalue weighted by atomic mass is 35.5. The minimum absolute atomic E-state index is 0.449. The van der Waals surface area contributed by atoms with Gasteiger partial charge in [0.05, 0.1) is 5.69 Å². The normalized spacial score (nSPS) is 24.7. The second-order valence-electron chi connectivity index (χ2n) is 4.47. The van der Waals surface area contributed by atoms with Crippen molar-refractivity contribution >= 4 is 17.3 Å². The number of anilines is 1. The van der Waals surface area contributed by atoms with Crippen LogP contribution in [0.1, 0.15) is 24.8 Å². The predicted octanol–water partition coefficient (Wildman–Crippen LogP) is 2.58.